The molecule has 0 bridgehead atoms. The van der Waals surface area contributed by atoms with Gasteiger partial charge in [0.25, 0.3) is 0 Å². The molecule has 0 amide bonds. The normalized spacial score (nSPS) is 11.3. The zero-order chi connectivity index (χ0) is 13.2. The molecule has 0 aliphatic heterocycles. The number of aromatic nitrogens is 2. The molecule has 0 N–H and O–H groups in total. The average Bonchev–Trinajstić information content (AvgIpc) is 2.28. The minimum Gasteiger partial charge on any atom is -0.437 e. The van der Waals surface area contributed by atoms with Crippen LogP contribution in [0, 0.1) is 0 Å². The van der Waals surface area contributed by atoms with E-state index in [-0.39, 0.29) is 5.41 Å². The van der Waals surface area contributed by atoms with E-state index in [1.165, 1.54) is 18.0 Å². The Morgan fingerprint density at radius 1 is 1.17 bits per heavy atom. The molecular formula is C14H15ClN2O. The van der Waals surface area contributed by atoms with Crippen molar-refractivity contribution in [2.45, 2.75) is 26.2 Å². The van der Waals surface area contributed by atoms with Gasteiger partial charge in [-0.3, -0.25) is 4.98 Å². The largest absolute Gasteiger partial charge is 0.437 e. The van der Waals surface area contributed by atoms with Crippen LogP contribution in [0.2, 0.25) is 5.15 Å². The second kappa shape index (κ2) is 4.94. The van der Waals surface area contributed by atoms with Crippen LogP contribution in [0.4, 0.5) is 0 Å². The third kappa shape index (κ3) is 3.20. The monoisotopic (exact) mass is 262 g/mol. The average molecular weight is 263 g/mol. The summed E-state index contributed by atoms with van der Waals surface area (Å²) in [6.07, 6.45) is 3.01. The van der Waals surface area contributed by atoms with E-state index >= 15 is 0 Å². The lowest BCUT2D eigenvalue weighted by atomic mass is 9.87. The van der Waals surface area contributed by atoms with Gasteiger partial charge in [-0.1, -0.05) is 44.5 Å². The highest BCUT2D eigenvalue weighted by Gasteiger charge is 2.14. The number of nitrogens with zero attached hydrogens (tertiary/aromatic N) is 2. The van der Waals surface area contributed by atoms with Gasteiger partial charge in [0, 0.05) is 0 Å². The first-order chi connectivity index (χ1) is 8.45. The Balaban J connectivity index is 2.25. The maximum absolute atomic E-state index is 5.76. The topological polar surface area (TPSA) is 35.0 Å². The molecule has 2 rings (SSSR count). The van der Waals surface area contributed by atoms with E-state index in [2.05, 4.69) is 36.8 Å². The maximum Gasteiger partial charge on any atom is 0.239 e. The molecule has 0 spiro atoms. The summed E-state index contributed by atoms with van der Waals surface area (Å²) >= 11 is 5.76. The molecule has 1 aromatic carbocycles. The highest BCUT2D eigenvalue weighted by molar-refractivity contribution is 6.29. The van der Waals surface area contributed by atoms with Crippen molar-refractivity contribution in [3.8, 4) is 11.6 Å². The third-order valence-electron chi connectivity index (χ3n) is 2.51. The number of halogens is 1. The molecule has 94 valence electrons. The highest BCUT2D eigenvalue weighted by Crippen LogP contribution is 2.27. The SMILES string of the molecule is CC(C)(C)c1cccc(Oc2cncc(Cl)n2)c1. The van der Waals surface area contributed by atoms with Gasteiger partial charge in [0.1, 0.15) is 5.75 Å². The summed E-state index contributed by atoms with van der Waals surface area (Å²) < 4.78 is 5.64. The summed E-state index contributed by atoms with van der Waals surface area (Å²) in [7, 11) is 0. The zero-order valence-corrected chi connectivity index (χ0v) is 11.4. The molecule has 0 atom stereocenters. The molecule has 4 heteroatoms. The van der Waals surface area contributed by atoms with E-state index in [0.717, 1.165) is 5.75 Å². The van der Waals surface area contributed by atoms with Gasteiger partial charge in [0.2, 0.25) is 5.88 Å². The molecule has 1 heterocycles. The standard InChI is InChI=1S/C14H15ClN2O/c1-14(2,3)10-5-4-6-11(7-10)18-13-9-16-8-12(15)17-13/h4-9H,1-3H3. The van der Waals surface area contributed by atoms with Gasteiger partial charge in [0.15, 0.2) is 5.15 Å². The summed E-state index contributed by atoms with van der Waals surface area (Å²) in [6.45, 7) is 6.47. The van der Waals surface area contributed by atoms with Crippen molar-refractivity contribution in [2.24, 2.45) is 0 Å². The number of hydrogen-bond donors (Lipinski definition) is 0. The molecule has 2 aromatic rings. The Labute approximate surface area is 112 Å². The van der Waals surface area contributed by atoms with E-state index in [1.54, 1.807) is 0 Å². The second-order valence-corrected chi connectivity index (χ2v) is 5.45. The summed E-state index contributed by atoms with van der Waals surface area (Å²) in [5.41, 5.74) is 1.29. The Morgan fingerprint density at radius 2 is 1.94 bits per heavy atom. The Hall–Kier alpha value is -1.61. The van der Waals surface area contributed by atoms with E-state index in [9.17, 15) is 0 Å². The van der Waals surface area contributed by atoms with Gasteiger partial charge in [-0.05, 0) is 23.1 Å². The number of rotatable bonds is 2. The summed E-state index contributed by atoms with van der Waals surface area (Å²) in [4.78, 5) is 7.97. The van der Waals surface area contributed by atoms with Gasteiger partial charge in [-0.15, -0.1) is 0 Å². The molecule has 0 radical (unpaired) electrons. The Kier molecular flexibility index (Phi) is 3.53. The van der Waals surface area contributed by atoms with Crippen LogP contribution in [0.5, 0.6) is 11.6 Å². The fraction of sp³-hybridized carbons (Fsp3) is 0.286. The van der Waals surface area contributed by atoms with E-state index in [0.29, 0.717) is 11.0 Å². The fourth-order valence-electron chi connectivity index (χ4n) is 1.52. The minimum atomic E-state index is 0.0827. The molecule has 0 unspecified atom stereocenters. The van der Waals surface area contributed by atoms with E-state index in [1.807, 2.05) is 18.2 Å². The van der Waals surface area contributed by atoms with Crippen molar-refractivity contribution < 1.29 is 4.74 Å². The van der Waals surface area contributed by atoms with Crippen molar-refractivity contribution >= 4 is 11.6 Å². The maximum atomic E-state index is 5.76. The predicted molar refractivity (Wildman–Crippen MR) is 72.3 cm³/mol. The first-order valence-electron chi connectivity index (χ1n) is 5.71. The molecule has 0 saturated carbocycles. The fourth-order valence-corrected chi connectivity index (χ4v) is 1.66. The minimum absolute atomic E-state index is 0.0827. The quantitative estimate of drug-likeness (QED) is 0.813. The van der Waals surface area contributed by atoms with Crippen molar-refractivity contribution in [3.05, 3.63) is 47.4 Å². The Bertz CT molecular complexity index is 549. The van der Waals surface area contributed by atoms with Gasteiger partial charge < -0.3 is 4.74 Å². The lowest BCUT2D eigenvalue weighted by Gasteiger charge is -2.19. The van der Waals surface area contributed by atoms with Gasteiger partial charge in [-0.2, -0.15) is 4.98 Å². The van der Waals surface area contributed by atoms with Gasteiger partial charge >= 0.3 is 0 Å². The number of ether oxygens (including phenoxy) is 1. The molecule has 0 aliphatic rings. The third-order valence-corrected chi connectivity index (χ3v) is 2.69. The van der Waals surface area contributed by atoms with Crippen LogP contribution in [-0.4, -0.2) is 9.97 Å². The van der Waals surface area contributed by atoms with Crippen molar-refractivity contribution in [1.82, 2.24) is 9.97 Å². The van der Waals surface area contributed by atoms with Crippen LogP contribution in [0.3, 0.4) is 0 Å². The Morgan fingerprint density at radius 3 is 2.61 bits per heavy atom. The first-order valence-corrected chi connectivity index (χ1v) is 6.09. The van der Waals surface area contributed by atoms with Crippen LogP contribution in [0.15, 0.2) is 36.7 Å². The summed E-state index contributed by atoms with van der Waals surface area (Å²) in [6, 6.07) is 7.94. The van der Waals surface area contributed by atoms with Gasteiger partial charge in [0.05, 0.1) is 12.4 Å². The predicted octanol–water partition coefficient (Wildman–Crippen LogP) is 4.22. The molecule has 0 aliphatic carbocycles. The van der Waals surface area contributed by atoms with Gasteiger partial charge in [-0.25, -0.2) is 0 Å². The van der Waals surface area contributed by atoms with E-state index in [4.69, 9.17) is 16.3 Å². The van der Waals surface area contributed by atoms with Crippen LogP contribution in [0.1, 0.15) is 26.3 Å². The van der Waals surface area contributed by atoms with Crippen LogP contribution >= 0.6 is 11.6 Å². The smallest absolute Gasteiger partial charge is 0.239 e. The zero-order valence-electron chi connectivity index (χ0n) is 10.6. The van der Waals surface area contributed by atoms with E-state index < -0.39 is 0 Å². The number of hydrogen-bond acceptors (Lipinski definition) is 3. The summed E-state index contributed by atoms with van der Waals surface area (Å²) in [5.74, 6) is 1.13. The van der Waals surface area contributed by atoms with Crippen LogP contribution in [0.25, 0.3) is 0 Å². The number of benzene rings is 1. The molecule has 1 aromatic heterocycles. The lowest BCUT2D eigenvalue weighted by Crippen LogP contribution is -2.10. The molecular weight excluding hydrogens is 248 g/mol. The molecule has 0 fully saturated rings. The van der Waals surface area contributed by atoms with Crippen molar-refractivity contribution in [2.75, 3.05) is 0 Å². The van der Waals surface area contributed by atoms with Crippen molar-refractivity contribution in [1.29, 1.82) is 0 Å². The van der Waals surface area contributed by atoms with Crippen LogP contribution < -0.4 is 4.74 Å². The highest BCUT2D eigenvalue weighted by atomic mass is 35.5. The van der Waals surface area contributed by atoms with Crippen LogP contribution in [-0.2, 0) is 5.41 Å². The van der Waals surface area contributed by atoms with Crippen molar-refractivity contribution in [3.63, 3.8) is 0 Å². The molecule has 18 heavy (non-hydrogen) atoms. The molecule has 3 nitrogen and oxygen atoms in total. The first kappa shape index (κ1) is 12.8. The molecule has 0 saturated heterocycles. The summed E-state index contributed by atoms with van der Waals surface area (Å²) in [5, 5.41) is 0.319. The second-order valence-electron chi connectivity index (χ2n) is 5.06. The lowest BCUT2D eigenvalue weighted by molar-refractivity contribution is 0.457.